The largest absolute Gasteiger partial charge is 0.493 e. The Balaban J connectivity index is 1.78. The number of ether oxygens (including phenoxy) is 2. The maximum absolute atomic E-state index is 12.5. The van der Waals surface area contributed by atoms with Gasteiger partial charge in [-0.1, -0.05) is 36.0 Å². The van der Waals surface area contributed by atoms with Gasteiger partial charge in [-0.15, -0.1) is 0 Å². The summed E-state index contributed by atoms with van der Waals surface area (Å²) in [4.78, 5) is 16.9. The zero-order valence-electron chi connectivity index (χ0n) is 13.5. The predicted octanol–water partition coefficient (Wildman–Crippen LogP) is 4.23. The molecule has 0 radical (unpaired) electrons. The number of pyridine rings is 1. The number of fused-ring (bicyclic) bond motifs is 1. The predicted molar refractivity (Wildman–Crippen MR) is 96.3 cm³/mol. The molecule has 0 aliphatic carbocycles. The number of nitrogens with zero attached hydrogens (tertiary/aromatic N) is 1. The van der Waals surface area contributed by atoms with E-state index in [-0.39, 0.29) is 5.78 Å². The van der Waals surface area contributed by atoms with Crippen LogP contribution >= 0.6 is 11.8 Å². The number of Topliss-reactive ketones (excluding diaryl/α,β-unsaturated/α-hetero) is 1. The van der Waals surface area contributed by atoms with Crippen LogP contribution in [0.25, 0.3) is 10.8 Å². The number of hydrogen-bond acceptors (Lipinski definition) is 5. The van der Waals surface area contributed by atoms with Crippen molar-refractivity contribution in [1.82, 2.24) is 4.98 Å². The molecule has 0 saturated heterocycles. The molecule has 0 N–H and O–H groups in total. The number of ketones is 1. The fraction of sp³-hybridized carbons (Fsp3) is 0.158. The summed E-state index contributed by atoms with van der Waals surface area (Å²) >= 11 is 1.44. The van der Waals surface area contributed by atoms with Gasteiger partial charge in [-0.25, -0.2) is 4.98 Å². The van der Waals surface area contributed by atoms with Gasteiger partial charge in [0.1, 0.15) is 5.03 Å². The van der Waals surface area contributed by atoms with E-state index in [9.17, 15) is 4.79 Å². The van der Waals surface area contributed by atoms with E-state index in [4.69, 9.17) is 9.47 Å². The van der Waals surface area contributed by atoms with Gasteiger partial charge in [-0.2, -0.15) is 0 Å². The van der Waals surface area contributed by atoms with Crippen molar-refractivity contribution in [3.8, 4) is 11.5 Å². The number of hydrogen-bond donors (Lipinski definition) is 0. The summed E-state index contributed by atoms with van der Waals surface area (Å²) in [5.74, 6) is 1.50. The minimum absolute atomic E-state index is 0.0238. The zero-order chi connectivity index (χ0) is 16.9. The lowest BCUT2D eigenvalue weighted by Crippen LogP contribution is -2.03. The molecule has 24 heavy (non-hydrogen) atoms. The molecule has 0 bridgehead atoms. The quantitative estimate of drug-likeness (QED) is 0.497. The highest BCUT2D eigenvalue weighted by molar-refractivity contribution is 8.00. The molecule has 122 valence electrons. The molecule has 0 unspecified atom stereocenters. The molecule has 0 saturated carbocycles. The average molecular weight is 339 g/mol. The Morgan fingerprint density at radius 3 is 2.62 bits per heavy atom. The highest BCUT2D eigenvalue weighted by Gasteiger charge is 2.12. The molecule has 5 heteroatoms. The molecule has 4 nitrogen and oxygen atoms in total. The van der Waals surface area contributed by atoms with E-state index in [1.165, 1.54) is 11.8 Å². The number of carbonyl (C=O) groups is 1. The number of benzene rings is 2. The van der Waals surface area contributed by atoms with E-state index in [0.29, 0.717) is 22.8 Å². The average Bonchev–Trinajstić information content (AvgIpc) is 2.65. The van der Waals surface area contributed by atoms with E-state index < -0.39 is 0 Å². The van der Waals surface area contributed by atoms with E-state index in [1.807, 2.05) is 30.3 Å². The van der Waals surface area contributed by atoms with Crippen molar-refractivity contribution in [2.75, 3.05) is 20.0 Å². The summed E-state index contributed by atoms with van der Waals surface area (Å²) in [5, 5.41) is 3.04. The zero-order valence-corrected chi connectivity index (χ0v) is 14.3. The van der Waals surface area contributed by atoms with Crippen LogP contribution in [0.1, 0.15) is 10.4 Å². The summed E-state index contributed by atoms with van der Waals surface area (Å²) in [6.07, 6.45) is 1.77. The molecule has 3 aromatic rings. The number of aromatic nitrogens is 1. The van der Waals surface area contributed by atoms with Crippen LogP contribution in [0.5, 0.6) is 11.5 Å². The molecule has 0 fully saturated rings. The van der Waals surface area contributed by atoms with Crippen LogP contribution in [0.3, 0.4) is 0 Å². The Kier molecular flexibility index (Phi) is 5.01. The normalized spacial score (nSPS) is 10.6. The second-order valence-corrected chi connectivity index (χ2v) is 6.08. The number of rotatable bonds is 6. The number of thioether (sulfide) groups is 1. The first-order valence-electron chi connectivity index (χ1n) is 7.44. The first kappa shape index (κ1) is 16.3. The van der Waals surface area contributed by atoms with Crippen LogP contribution < -0.4 is 9.47 Å². The summed E-state index contributed by atoms with van der Waals surface area (Å²) in [7, 11) is 3.13. The Labute approximate surface area is 144 Å². The Morgan fingerprint density at radius 2 is 1.83 bits per heavy atom. The van der Waals surface area contributed by atoms with Gasteiger partial charge in [0, 0.05) is 17.1 Å². The summed E-state index contributed by atoms with van der Waals surface area (Å²) < 4.78 is 10.4. The van der Waals surface area contributed by atoms with Gasteiger partial charge >= 0.3 is 0 Å². The third-order valence-corrected chi connectivity index (χ3v) is 4.69. The number of carbonyl (C=O) groups excluding carboxylic acids is 1. The lowest BCUT2D eigenvalue weighted by atomic mass is 10.1. The monoisotopic (exact) mass is 339 g/mol. The maximum atomic E-state index is 12.5. The fourth-order valence-corrected chi connectivity index (χ4v) is 3.35. The molecule has 0 aliphatic rings. The number of methoxy groups -OCH3 is 2. The highest BCUT2D eigenvalue weighted by atomic mass is 32.2. The lowest BCUT2D eigenvalue weighted by Gasteiger charge is -2.09. The lowest BCUT2D eigenvalue weighted by molar-refractivity contribution is 0.102. The Hall–Kier alpha value is -2.53. The second kappa shape index (κ2) is 7.36. The third-order valence-electron chi connectivity index (χ3n) is 3.68. The van der Waals surface area contributed by atoms with Crippen LogP contribution in [0.15, 0.2) is 59.8 Å². The van der Waals surface area contributed by atoms with Gasteiger partial charge in [0.15, 0.2) is 17.3 Å². The van der Waals surface area contributed by atoms with E-state index >= 15 is 0 Å². The van der Waals surface area contributed by atoms with Crippen LogP contribution in [0.4, 0.5) is 0 Å². The first-order chi connectivity index (χ1) is 11.7. The first-order valence-corrected chi connectivity index (χ1v) is 8.43. The topological polar surface area (TPSA) is 48.4 Å². The second-order valence-electron chi connectivity index (χ2n) is 5.12. The van der Waals surface area contributed by atoms with Crippen LogP contribution in [0, 0.1) is 0 Å². The molecule has 0 aliphatic heterocycles. The van der Waals surface area contributed by atoms with Crippen LogP contribution in [0.2, 0.25) is 0 Å². The van der Waals surface area contributed by atoms with Crippen molar-refractivity contribution in [2.45, 2.75) is 5.03 Å². The molecular weight excluding hydrogens is 322 g/mol. The molecule has 1 aromatic heterocycles. The van der Waals surface area contributed by atoms with Gasteiger partial charge in [-0.05, 0) is 29.7 Å². The van der Waals surface area contributed by atoms with Gasteiger partial charge in [0.05, 0.1) is 20.0 Å². The molecule has 2 aromatic carbocycles. The molecular formula is C19H17NO3S. The van der Waals surface area contributed by atoms with Gasteiger partial charge in [-0.3, -0.25) is 4.79 Å². The minimum Gasteiger partial charge on any atom is -0.493 e. The van der Waals surface area contributed by atoms with Crippen molar-refractivity contribution < 1.29 is 14.3 Å². The standard InChI is InChI=1S/C19H17NO3S/c1-22-17-8-7-14(11-18(17)23-2)16(21)12-24-19-15-6-4-3-5-13(15)9-10-20-19/h3-11H,12H2,1-2H3. The third kappa shape index (κ3) is 3.36. The summed E-state index contributed by atoms with van der Waals surface area (Å²) in [6, 6.07) is 15.2. The summed E-state index contributed by atoms with van der Waals surface area (Å²) in [5.41, 5.74) is 0.598. The van der Waals surface area contributed by atoms with Gasteiger partial charge in [0.2, 0.25) is 0 Å². The summed E-state index contributed by atoms with van der Waals surface area (Å²) in [6.45, 7) is 0. The van der Waals surface area contributed by atoms with Crippen LogP contribution in [-0.4, -0.2) is 30.7 Å². The highest BCUT2D eigenvalue weighted by Crippen LogP contribution is 2.29. The van der Waals surface area contributed by atoms with Crippen LogP contribution in [-0.2, 0) is 0 Å². The van der Waals surface area contributed by atoms with Crippen molar-refractivity contribution in [3.05, 3.63) is 60.3 Å². The smallest absolute Gasteiger partial charge is 0.173 e. The van der Waals surface area contributed by atoms with Crippen molar-refractivity contribution in [1.29, 1.82) is 0 Å². The molecule has 3 rings (SSSR count). The van der Waals surface area contributed by atoms with Crippen molar-refractivity contribution >= 4 is 28.3 Å². The van der Waals surface area contributed by atoms with Gasteiger partial charge < -0.3 is 9.47 Å². The van der Waals surface area contributed by atoms with E-state index in [0.717, 1.165) is 15.8 Å². The fourth-order valence-electron chi connectivity index (χ4n) is 2.43. The molecule has 0 atom stereocenters. The Bertz CT molecular complexity index is 874. The van der Waals surface area contributed by atoms with Gasteiger partial charge in [0.25, 0.3) is 0 Å². The SMILES string of the molecule is COc1ccc(C(=O)CSc2nccc3ccccc23)cc1OC. The maximum Gasteiger partial charge on any atom is 0.173 e. The minimum atomic E-state index is 0.0238. The van der Waals surface area contributed by atoms with Crippen molar-refractivity contribution in [2.24, 2.45) is 0 Å². The van der Waals surface area contributed by atoms with E-state index in [2.05, 4.69) is 4.98 Å². The molecule has 1 heterocycles. The van der Waals surface area contributed by atoms with Crippen molar-refractivity contribution in [3.63, 3.8) is 0 Å². The Morgan fingerprint density at radius 1 is 1.04 bits per heavy atom. The molecule has 0 spiro atoms. The molecule has 0 amide bonds. The van der Waals surface area contributed by atoms with E-state index in [1.54, 1.807) is 38.6 Å².